The van der Waals surface area contributed by atoms with Gasteiger partial charge in [-0.15, -0.1) is 15.7 Å². The molecule has 0 spiro atoms. The third-order valence-electron chi connectivity index (χ3n) is 9.85. The molecule has 0 bridgehead atoms. The highest BCUT2D eigenvalue weighted by molar-refractivity contribution is 7.95. The Morgan fingerprint density at radius 1 is 1.00 bits per heavy atom. The van der Waals surface area contributed by atoms with Gasteiger partial charge in [0.15, 0.2) is 27.5 Å². The molecule has 60 heavy (non-hydrogen) atoms. The lowest BCUT2D eigenvalue weighted by atomic mass is 9.90. The normalized spacial score (nSPS) is 19.9. The summed E-state index contributed by atoms with van der Waals surface area (Å²) in [5, 5.41) is 5.69. The maximum atomic E-state index is 13.2. The summed E-state index contributed by atoms with van der Waals surface area (Å²) < 4.78 is 84.7. The number of nitrogens with zero attached hydrogens (tertiary/aromatic N) is 3. The predicted molar refractivity (Wildman–Crippen MR) is 221 cm³/mol. The van der Waals surface area contributed by atoms with Crippen molar-refractivity contribution >= 4 is 78.2 Å². The maximum Gasteiger partial charge on any atom is 0.306 e. The number of sulfone groups is 1. The molecule has 0 radical (unpaired) electrons. The van der Waals surface area contributed by atoms with Crippen LogP contribution in [0.25, 0.3) is 0 Å². The Kier molecular flexibility index (Phi) is 17.1. The Bertz CT molecular complexity index is 2080. The van der Waals surface area contributed by atoms with Crippen molar-refractivity contribution in [2.75, 3.05) is 50.9 Å². The Balaban J connectivity index is 1.25. The molecule has 2 aliphatic heterocycles. The van der Waals surface area contributed by atoms with Crippen LogP contribution in [-0.2, 0) is 58.0 Å². The van der Waals surface area contributed by atoms with Crippen molar-refractivity contribution in [3.05, 3.63) is 11.6 Å². The molecule has 1 fully saturated rings. The number of carbonyl (C=O) groups is 5. The number of amides is 1. The largest absolute Gasteiger partial charge is 0.470 e. The summed E-state index contributed by atoms with van der Waals surface area (Å²) in [5.74, 6) is -6.52. The molecule has 2 aliphatic rings. The second kappa shape index (κ2) is 21.0. The van der Waals surface area contributed by atoms with Crippen molar-refractivity contribution in [2.45, 2.75) is 119 Å². The molecule has 19 nitrogen and oxygen atoms in total. The van der Waals surface area contributed by atoms with Crippen LogP contribution in [0.5, 0.6) is 5.88 Å². The van der Waals surface area contributed by atoms with Gasteiger partial charge in [0.2, 0.25) is 11.7 Å². The van der Waals surface area contributed by atoms with Crippen molar-refractivity contribution in [3.63, 3.8) is 0 Å². The summed E-state index contributed by atoms with van der Waals surface area (Å²) >= 11 is 1.53. The van der Waals surface area contributed by atoms with Crippen LogP contribution in [0.2, 0.25) is 0 Å². The summed E-state index contributed by atoms with van der Waals surface area (Å²) in [5.41, 5.74) is 0.00753. The van der Waals surface area contributed by atoms with E-state index in [1.54, 1.807) is 6.92 Å². The van der Waals surface area contributed by atoms with Crippen LogP contribution in [0.15, 0.2) is 14.5 Å². The second-order valence-electron chi connectivity index (χ2n) is 15.8. The van der Waals surface area contributed by atoms with Crippen LogP contribution in [0.4, 0.5) is 5.82 Å². The quantitative estimate of drug-likeness (QED) is 0.120. The fraction of sp³-hybridized carbons (Fsp3) is 0.703. The summed E-state index contributed by atoms with van der Waals surface area (Å²) in [6.45, 7) is 16.0. The molecular weight excluding hydrogens is 865 g/mol. The van der Waals surface area contributed by atoms with Gasteiger partial charge < -0.3 is 34.5 Å². The number of morpholine rings is 1. The minimum Gasteiger partial charge on any atom is -0.470 e. The number of ketones is 2. The zero-order chi connectivity index (χ0) is 44.6. The van der Waals surface area contributed by atoms with E-state index in [0.29, 0.717) is 61.4 Å². The number of esters is 2. The van der Waals surface area contributed by atoms with E-state index in [2.05, 4.69) is 19.4 Å². The van der Waals surface area contributed by atoms with E-state index in [1.165, 1.54) is 19.9 Å². The molecule has 0 aliphatic carbocycles. The number of anilines is 1. The second-order valence-corrected chi connectivity index (χ2v) is 21.8. The van der Waals surface area contributed by atoms with E-state index in [4.69, 9.17) is 18.9 Å². The lowest BCUT2D eigenvalue weighted by Crippen LogP contribution is -2.44. The van der Waals surface area contributed by atoms with Gasteiger partial charge in [0.1, 0.15) is 21.1 Å². The minimum atomic E-state index is -4.60. The lowest BCUT2D eigenvalue weighted by molar-refractivity contribution is -0.157. The van der Waals surface area contributed by atoms with Gasteiger partial charge >= 0.3 is 11.9 Å². The number of carbonyl (C=O) groups excluding carboxylic acids is 5. The molecule has 3 unspecified atom stereocenters. The zero-order valence-corrected chi connectivity index (χ0v) is 38.4. The van der Waals surface area contributed by atoms with Crippen LogP contribution < -0.4 is 25.0 Å². The van der Waals surface area contributed by atoms with Crippen LogP contribution in [-0.4, -0.2) is 124 Å². The van der Waals surface area contributed by atoms with Gasteiger partial charge in [0.25, 0.3) is 15.9 Å². The van der Waals surface area contributed by atoms with E-state index in [9.17, 15) is 40.8 Å². The van der Waals surface area contributed by atoms with Crippen molar-refractivity contribution < 1.29 is 59.8 Å². The topological polar surface area (TPSA) is 256 Å². The zero-order valence-electron chi connectivity index (χ0n) is 35.1. The fourth-order valence-electron chi connectivity index (χ4n) is 6.34. The number of fused-ring (bicyclic) bond motifs is 1. The Morgan fingerprint density at radius 3 is 2.28 bits per heavy atom. The molecule has 0 saturated carbocycles. The minimum absolute atomic E-state index is 0.00814. The van der Waals surface area contributed by atoms with E-state index in [0.717, 1.165) is 18.7 Å². The van der Waals surface area contributed by atoms with Crippen LogP contribution in [0.3, 0.4) is 0 Å². The number of nitrogens with one attached hydrogen (secondary N) is 3. The molecular formula is C37H56N6O13S4. The highest BCUT2D eigenvalue weighted by Gasteiger charge is 2.41. The molecule has 2 aromatic rings. The fourth-order valence-corrected chi connectivity index (χ4v) is 11.9. The predicted octanol–water partition coefficient (Wildman–Crippen LogP) is 2.35. The van der Waals surface area contributed by atoms with E-state index < -0.39 is 88.8 Å². The van der Waals surface area contributed by atoms with Gasteiger partial charge in [-0.05, 0) is 73.9 Å². The number of rotatable bonds is 21. The summed E-state index contributed by atoms with van der Waals surface area (Å²) in [4.78, 5) is 66.8. The number of hydrogen-bond donors (Lipinski definition) is 3. The Labute approximate surface area is 359 Å². The molecule has 336 valence electrons. The molecule has 1 saturated heterocycles. The average Bonchev–Trinajstić information content (AvgIpc) is 3.86. The molecule has 3 N–H and O–H groups in total. The van der Waals surface area contributed by atoms with Crippen LogP contribution in [0.1, 0.15) is 92.7 Å². The molecule has 6 atom stereocenters. The van der Waals surface area contributed by atoms with Crippen molar-refractivity contribution in [2.24, 2.45) is 11.8 Å². The SMILES string of the molecule is CCN[C@H]1C[C@H](C)S(=O)(=O)c2sc(S(=O)(=O)NC(=O)C(C)C(=O)C(C)C(=O)C(C)OC(=O)CCCC(=O)O[C@@H](CNC(C)(C)C)COc3nsnc3N3CCOCC3)cc21. The third-order valence-corrected chi connectivity index (χ3v) is 16.1. The highest BCUT2D eigenvalue weighted by Crippen LogP contribution is 2.42. The van der Waals surface area contributed by atoms with Gasteiger partial charge in [0, 0.05) is 49.6 Å². The van der Waals surface area contributed by atoms with Crippen molar-refractivity contribution in [1.29, 1.82) is 0 Å². The number of hydrogen-bond acceptors (Lipinski definition) is 20. The molecule has 4 rings (SSSR count). The van der Waals surface area contributed by atoms with Crippen molar-refractivity contribution in [3.8, 4) is 5.88 Å². The van der Waals surface area contributed by atoms with Gasteiger partial charge in [-0.1, -0.05) is 6.92 Å². The third kappa shape index (κ3) is 13.0. The number of sulfonamides is 1. The molecule has 4 heterocycles. The lowest BCUT2D eigenvalue weighted by Gasteiger charge is -2.27. The van der Waals surface area contributed by atoms with Crippen LogP contribution >= 0.6 is 23.1 Å². The number of aromatic nitrogens is 2. The van der Waals surface area contributed by atoms with E-state index in [-0.39, 0.29) is 48.6 Å². The molecule has 2 aromatic heterocycles. The van der Waals surface area contributed by atoms with Gasteiger partial charge in [-0.2, -0.15) is 4.37 Å². The first-order chi connectivity index (χ1) is 28.0. The Morgan fingerprint density at radius 2 is 1.65 bits per heavy atom. The van der Waals surface area contributed by atoms with E-state index in [1.807, 2.05) is 37.3 Å². The Hall–Kier alpha value is -3.61. The molecule has 23 heteroatoms. The van der Waals surface area contributed by atoms with E-state index >= 15 is 0 Å². The highest BCUT2D eigenvalue weighted by atomic mass is 32.3. The number of Topliss-reactive ketones (excluding diaryl/α,β-unsaturated/α-hetero) is 2. The first-order valence-corrected chi connectivity index (χ1v) is 24.3. The molecule has 0 aromatic carbocycles. The maximum absolute atomic E-state index is 13.2. The van der Waals surface area contributed by atoms with Gasteiger partial charge in [0.05, 0.1) is 42.0 Å². The standard InChI is InChI=1S/C37H56N6O13S4/c1-9-38-27-17-21(2)59(49,50)36-26(27)18-30(57-36)60(51,52)42-34(48)23(4)31(46)22(3)32(47)24(5)55-28(44)11-10-12-29(45)56-25(19-39-37(6,7)8)20-54-35-33(40-58-41-35)43-13-15-53-16-14-43/h18,21-25,27,38-39H,9-17,19-20H2,1-8H3,(H,42,48)/t21-,22?,23?,24?,25-,27-/m0/s1. The summed E-state index contributed by atoms with van der Waals surface area (Å²) in [6, 6.07) is 0.805. The smallest absolute Gasteiger partial charge is 0.306 e. The summed E-state index contributed by atoms with van der Waals surface area (Å²) in [7, 11) is -8.40. The molecule has 1 amide bonds. The number of thiophene rings is 1. The van der Waals surface area contributed by atoms with Gasteiger partial charge in [-0.3, -0.25) is 24.0 Å². The number of ether oxygens (including phenoxy) is 4. The first kappa shape index (κ1) is 49.0. The summed E-state index contributed by atoms with van der Waals surface area (Å²) in [6.07, 6.45) is -2.23. The van der Waals surface area contributed by atoms with Gasteiger partial charge in [-0.25, -0.2) is 21.6 Å². The van der Waals surface area contributed by atoms with Crippen molar-refractivity contribution in [1.82, 2.24) is 24.1 Å². The first-order valence-electron chi connectivity index (χ1n) is 19.7. The monoisotopic (exact) mass is 920 g/mol. The average molecular weight is 921 g/mol. The van der Waals surface area contributed by atoms with Crippen LogP contribution in [0, 0.1) is 11.8 Å².